The molecule has 2 aliphatic carbocycles. The molecule has 4 atom stereocenters. The minimum absolute atomic E-state index is 0.476. The van der Waals surface area contributed by atoms with Crippen molar-refractivity contribution in [1.82, 2.24) is 0 Å². The molecule has 2 rings (SSSR count). The van der Waals surface area contributed by atoms with Crippen molar-refractivity contribution in [1.29, 1.82) is 0 Å². The number of rotatable bonds is 3. The van der Waals surface area contributed by atoms with Crippen molar-refractivity contribution < 1.29 is 0 Å². The molecule has 0 aromatic rings. The molecule has 0 heterocycles. The molecule has 0 radical (unpaired) electrons. The lowest BCUT2D eigenvalue weighted by atomic mass is 9.47. The first-order valence-electron chi connectivity index (χ1n) is 8.63. The van der Waals surface area contributed by atoms with Crippen LogP contribution < -0.4 is 0 Å². The summed E-state index contributed by atoms with van der Waals surface area (Å²) in [5.41, 5.74) is 4.24. The van der Waals surface area contributed by atoms with Crippen molar-refractivity contribution in [2.24, 2.45) is 22.7 Å². The van der Waals surface area contributed by atoms with Crippen LogP contribution in [-0.2, 0) is 0 Å². The molecule has 0 nitrogen and oxygen atoms in total. The zero-order valence-corrected chi connectivity index (χ0v) is 14.6. The van der Waals surface area contributed by atoms with E-state index in [9.17, 15) is 0 Å². The SMILES string of the molecule is CC=C(C)CC[C@@]1(C)[C@H](C)CC[C@@]2(C)C(C)=CCC[C@H]12. The summed E-state index contributed by atoms with van der Waals surface area (Å²) < 4.78 is 0. The monoisotopic (exact) mass is 274 g/mol. The van der Waals surface area contributed by atoms with Crippen LogP contribution in [-0.4, -0.2) is 0 Å². The molecule has 0 unspecified atom stereocenters. The van der Waals surface area contributed by atoms with E-state index in [2.05, 4.69) is 53.7 Å². The predicted molar refractivity (Wildman–Crippen MR) is 89.8 cm³/mol. The second-order valence-corrected chi connectivity index (χ2v) is 8.02. The van der Waals surface area contributed by atoms with E-state index in [1.54, 1.807) is 11.1 Å². The van der Waals surface area contributed by atoms with Gasteiger partial charge in [-0.25, -0.2) is 0 Å². The molecule has 0 aromatic heterocycles. The maximum absolute atomic E-state index is 2.60. The Morgan fingerprint density at radius 1 is 1.35 bits per heavy atom. The second kappa shape index (κ2) is 5.70. The minimum atomic E-state index is 0.476. The summed E-state index contributed by atoms with van der Waals surface area (Å²) in [5.74, 6) is 1.75. The standard InChI is InChI=1S/C20H34/c1-7-15(2)11-13-19(5)17(4)12-14-20(6)16(3)9-8-10-18(19)20/h7,9,17-18H,8,10-14H2,1-6H3/t17-,18-,19+,20+/m1/s1. The normalized spacial score (nSPS) is 42.1. The van der Waals surface area contributed by atoms with Crippen molar-refractivity contribution in [3.63, 3.8) is 0 Å². The number of hydrogen-bond donors (Lipinski definition) is 0. The Morgan fingerprint density at radius 2 is 2.05 bits per heavy atom. The van der Waals surface area contributed by atoms with Crippen molar-refractivity contribution in [2.75, 3.05) is 0 Å². The molecule has 0 N–H and O–H groups in total. The van der Waals surface area contributed by atoms with Gasteiger partial charge in [0.25, 0.3) is 0 Å². The molecule has 0 aromatic carbocycles. The van der Waals surface area contributed by atoms with Gasteiger partial charge in [-0.05, 0) is 82.0 Å². The lowest BCUT2D eigenvalue weighted by Gasteiger charge is -2.58. The average Bonchev–Trinajstić information content (AvgIpc) is 2.43. The molecular formula is C20H34. The second-order valence-electron chi connectivity index (χ2n) is 8.02. The quantitative estimate of drug-likeness (QED) is 0.513. The maximum Gasteiger partial charge on any atom is -0.00854 e. The highest BCUT2D eigenvalue weighted by Gasteiger charge is 2.52. The van der Waals surface area contributed by atoms with Crippen molar-refractivity contribution in [2.45, 2.75) is 80.1 Å². The van der Waals surface area contributed by atoms with E-state index in [4.69, 9.17) is 0 Å². The summed E-state index contributed by atoms with van der Waals surface area (Å²) in [6.45, 7) is 14.5. The van der Waals surface area contributed by atoms with Crippen LogP contribution in [0.2, 0.25) is 0 Å². The largest absolute Gasteiger partial charge is 0.0887 e. The van der Waals surface area contributed by atoms with E-state index in [0.717, 1.165) is 11.8 Å². The van der Waals surface area contributed by atoms with Gasteiger partial charge in [-0.1, -0.05) is 44.1 Å². The van der Waals surface area contributed by atoms with Gasteiger partial charge in [0.15, 0.2) is 0 Å². The summed E-state index contributed by atoms with van der Waals surface area (Å²) >= 11 is 0. The van der Waals surface area contributed by atoms with E-state index in [-0.39, 0.29) is 0 Å². The molecular weight excluding hydrogens is 240 g/mol. The molecule has 1 saturated carbocycles. The summed E-state index contributed by atoms with van der Waals surface area (Å²) in [5, 5.41) is 0. The van der Waals surface area contributed by atoms with Gasteiger partial charge < -0.3 is 0 Å². The molecule has 0 spiro atoms. The molecule has 1 fully saturated rings. The molecule has 0 aliphatic heterocycles. The van der Waals surface area contributed by atoms with Crippen LogP contribution in [0.3, 0.4) is 0 Å². The van der Waals surface area contributed by atoms with E-state index in [0.29, 0.717) is 10.8 Å². The predicted octanol–water partition coefficient (Wildman–Crippen LogP) is 6.53. The Labute approximate surface area is 126 Å². The molecule has 114 valence electrons. The maximum atomic E-state index is 2.60. The van der Waals surface area contributed by atoms with E-state index in [1.807, 2.05) is 0 Å². The average molecular weight is 274 g/mol. The van der Waals surface area contributed by atoms with Gasteiger partial charge in [0, 0.05) is 0 Å². The summed E-state index contributed by atoms with van der Waals surface area (Å²) in [6.07, 6.45) is 13.0. The zero-order valence-electron chi connectivity index (χ0n) is 14.6. The van der Waals surface area contributed by atoms with Crippen LogP contribution in [0.4, 0.5) is 0 Å². The highest BCUT2D eigenvalue weighted by Crippen LogP contribution is 2.61. The Balaban J connectivity index is 2.27. The van der Waals surface area contributed by atoms with Crippen LogP contribution in [0.5, 0.6) is 0 Å². The molecule has 0 heteroatoms. The zero-order chi connectivity index (χ0) is 15.0. The fourth-order valence-electron chi connectivity index (χ4n) is 4.94. The molecule has 20 heavy (non-hydrogen) atoms. The number of hydrogen-bond acceptors (Lipinski definition) is 0. The Bertz CT molecular complexity index is 414. The summed E-state index contributed by atoms with van der Waals surface area (Å²) in [4.78, 5) is 0. The van der Waals surface area contributed by atoms with Crippen LogP contribution in [0, 0.1) is 22.7 Å². The van der Waals surface area contributed by atoms with Crippen molar-refractivity contribution in [3.8, 4) is 0 Å². The van der Waals surface area contributed by atoms with E-state index >= 15 is 0 Å². The van der Waals surface area contributed by atoms with Gasteiger partial charge >= 0.3 is 0 Å². The third-order valence-corrected chi connectivity index (χ3v) is 7.15. The highest BCUT2D eigenvalue weighted by molar-refractivity contribution is 5.21. The summed E-state index contributed by atoms with van der Waals surface area (Å²) in [7, 11) is 0. The number of allylic oxidation sites excluding steroid dienone is 4. The van der Waals surface area contributed by atoms with Crippen molar-refractivity contribution >= 4 is 0 Å². The first-order valence-corrected chi connectivity index (χ1v) is 8.63. The lowest BCUT2D eigenvalue weighted by molar-refractivity contribution is -0.0466. The lowest BCUT2D eigenvalue weighted by Crippen LogP contribution is -2.49. The van der Waals surface area contributed by atoms with Gasteiger partial charge in [-0.2, -0.15) is 0 Å². The first kappa shape index (κ1) is 15.9. The molecule has 0 bridgehead atoms. The molecule has 2 aliphatic rings. The molecule has 0 saturated heterocycles. The third-order valence-electron chi connectivity index (χ3n) is 7.15. The highest BCUT2D eigenvalue weighted by atomic mass is 14.6. The third kappa shape index (κ3) is 2.51. The Hall–Kier alpha value is -0.520. The van der Waals surface area contributed by atoms with Gasteiger partial charge in [0.05, 0.1) is 0 Å². The fraction of sp³-hybridized carbons (Fsp3) is 0.800. The first-order chi connectivity index (χ1) is 9.34. The van der Waals surface area contributed by atoms with E-state index < -0.39 is 0 Å². The van der Waals surface area contributed by atoms with E-state index in [1.165, 1.54) is 38.5 Å². The van der Waals surface area contributed by atoms with Gasteiger partial charge in [0.1, 0.15) is 0 Å². The smallest absolute Gasteiger partial charge is 0.00854 e. The van der Waals surface area contributed by atoms with Crippen LogP contribution >= 0.6 is 0 Å². The van der Waals surface area contributed by atoms with Gasteiger partial charge in [0.2, 0.25) is 0 Å². The minimum Gasteiger partial charge on any atom is -0.0887 e. The van der Waals surface area contributed by atoms with Crippen LogP contribution in [0.15, 0.2) is 23.3 Å². The van der Waals surface area contributed by atoms with Crippen LogP contribution in [0.25, 0.3) is 0 Å². The van der Waals surface area contributed by atoms with Gasteiger partial charge in [-0.15, -0.1) is 0 Å². The van der Waals surface area contributed by atoms with Crippen molar-refractivity contribution in [3.05, 3.63) is 23.3 Å². The Morgan fingerprint density at radius 3 is 2.70 bits per heavy atom. The van der Waals surface area contributed by atoms with Crippen LogP contribution in [0.1, 0.15) is 80.1 Å². The topological polar surface area (TPSA) is 0 Å². The number of fused-ring (bicyclic) bond motifs is 1. The Kier molecular flexibility index (Phi) is 4.52. The summed E-state index contributed by atoms with van der Waals surface area (Å²) in [6, 6.07) is 0. The molecule has 0 amide bonds. The fourth-order valence-corrected chi connectivity index (χ4v) is 4.94. The van der Waals surface area contributed by atoms with Gasteiger partial charge in [-0.3, -0.25) is 0 Å².